The van der Waals surface area contributed by atoms with Gasteiger partial charge in [0.1, 0.15) is 0 Å². The fourth-order valence-corrected chi connectivity index (χ4v) is 2.15. The van der Waals surface area contributed by atoms with E-state index in [1.54, 1.807) is 7.11 Å². The molecule has 2 aromatic rings. The van der Waals surface area contributed by atoms with E-state index in [0.717, 1.165) is 24.3 Å². The number of halogens is 3. The van der Waals surface area contributed by atoms with Crippen LogP contribution >= 0.6 is 0 Å². The highest BCUT2D eigenvalue weighted by Crippen LogP contribution is 2.29. The van der Waals surface area contributed by atoms with Gasteiger partial charge >= 0.3 is 6.18 Å². The fraction of sp³-hybridized carbons (Fsp3) is 0.278. The second-order valence-corrected chi connectivity index (χ2v) is 5.59. The van der Waals surface area contributed by atoms with Gasteiger partial charge in [0.25, 0.3) is 11.8 Å². The van der Waals surface area contributed by atoms with Crippen LogP contribution in [-0.2, 0) is 10.9 Å². The van der Waals surface area contributed by atoms with Crippen LogP contribution in [0.4, 0.5) is 18.9 Å². The SMILES string of the molecule is COCCCNC(=O)c1cncc(C(=O)Nc2ccc(C(F)(F)F)cc2)c1. The lowest BCUT2D eigenvalue weighted by Crippen LogP contribution is -2.25. The number of rotatable bonds is 7. The summed E-state index contributed by atoms with van der Waals surface area (Å²) in [5.74, 6) is -0.973. The molecule has 27 heavy (non-hydrogen) atoms. The molecule has 2 rings (SSSR count). The van der Waals surface area contributed by atoms with E-state index >= 15 is 0 Å². The zero-order valence-corrected chi connectivity index (χ0v) is 14.5. The number of carbonyl (C=O) groups excluding carboxylic acids is 2. The number of nitrogens with one attached hydrogen (secondary N) is 2. The highest BCUT2D eigenvalue weighted by atomic mass is 19.4. The Labute approximate surface area is 153 Å². The number of hydrogen-bond donors (Lipinski definition) is 2. The first-order valence-electron chi connectivity index (χ1n) is 8.02. The molecule has 0 radical (unpaired) electrons. The third-order valence-corrected chi connectivity index (χ3v) is 3.54. The molecule has 1 aromatic carbocycles. The molecule has 0 aliphatic carbocycles. The smallest absolute Gasteiger partial charge is 0.385 e. The van der Waals surface area contributed by atoms with E-state index in [9.17, 15) is 22.8 Å². The van der Waals surface area contributed by atoms with Crippen LogP contribution in [0.2, 0.25) is 0 Å². The van der Waals surface area contributed by atoms with Gasteiger partial charge in [0.15, 0.2) is 0 Å². The molecule has 0 saturated carbocycles. The molecule has 0 aliphatic rings. The minimum absolute atomic E-state index is 0.111. The molecule has 0 saturated heterocycles. The Morgan fingerprint density at radius 2 is 1.70 bits per heavy atom. The third kappa shape index (κ3) is 6.07. The molecular weight excluding hydrogens is 363 g/mol. The molecule has 2 amide bonds. The van der Waals surface area contributed by atoms with Crippen molar-refractivity contribution in [3.05, 3.63) is 59.4 Å². The summed E-state index contributed by atoms with van der Waals surface area (Å²) in [5, 5.41) is 5.14. The van der Waals surface area contributed by atoms with Crippen LogP contribution in [0.15, 0.2) is 42.7 Å². The van der Waals surface area contributed by atoms with Crippen molar-refractivity contribution in [2.24, 2.45) is 0 Å². The molecule has 2 N–H and O–H groups in total. The topological polar surface area (TPSA) is 80.3 Å². The van der Waals surface area contributed by atoms with Gasteiger partial charge in [-0.25, -0.2) is 0 Å². The molecule has 0 unspecified atom stereocenters. The van der Waals surface area contributed by atoms with Crippen LogP contribution in [0.5, 0.6) is 0 Å². The Hall–Kier alpha value is -2.94. The summed E-state index contributed by atoms with van der Waals surface area (Å²) in [4.78, 5) is 28.2. The largest absolute Gasteiger partial charge is 0.416 e. The van der Waals surface area contributed by atoms with Gasteiger partial charge in [0.05, 0.1) is 16.7 Å². The third-order valence-electron chi connectivity index (χ3n) is 3.54. The van der Waals surface area contributed by atoms with Crippen molar-refractivity contribution in [3.8, 4) is 0 Å². The summed E-state index contributed by atoms with van der Waals surface area (Å²) < 4.78 is 42.6. The van der Waals surface area contributed by atoms with E-state index in [0.29, 0.717) is 19.6 Å². The first-order valence-corrected chi connectivity index (χ1v) is 8.02. The number of nitrogens with zero attached hydrogens (tertiary/aromatic N) is 1. The second kappa shape index (κ2) is 9.13. The maximum Gasteiger partial charge on any atom is 0.416 e. The zero-order valence-electron chi connectivity index (χ0n) is 14.5. The molecule has 1 heterocycles. The Balaban J connectivity index is 2.01. The molecule has 1 aromatic heterocycles. The van der Waals surface area contributed by atoms with Crippen LogP contribution in [0.3, 0.4) is 0 Å². The summed E-state index contributed by atoms with van der Waals surface area (Å²) >= 11 is 0. The standard InChI is InChI=1S/C18H18F3N3O3/c1-27-8-2-7-23-16(25)12-9-13(11-22-10-12)17(26)24-15-5-3-14(4-6-15)18(19,20)21/h3-6,9-11H,2,7-8H2,1H3,(H,23,25)(H,24,26). The quantitative estimate of drug-likeness (QED) is 0.723. The summed E-state index contributed by atoms with van der Waals surface area (Å²) in [6, 6.07) is 5.41. The number of amides is 2. The molecule has 144 valence electrons. The van der Waals surface area contributed by atoms with Crippen molar-refractivity contribution in [1.82, 2.24) is 10.3 Å². The molecule has 6 nitrogen and oxygen atoms in total. The van der Waals surface area contributed by atoms with Crippen molar-refractivity contribution in [3.63, 3.8) is 0 Å². The van der Waals surface area contributed by atoms with Crippen LogP contribution in [0.1, 0.15) is 32.7 Å². The van der Waals surface area contributed by atoms with Crippen LogP contribution in [0, 0.1) is 0 Å². The molecule has 0 spiro atoms. The summed E-state index contributed by atoms with van der Waals surface area (Å²) in [6.45, 7) is 0.919. The number of pyridine rings is 1. The average Bonchev–Trinajstić information content (AvgIpc) is 2.65. The lowest BCUT2D eigenvalue weighted by Gasteiger charge is -2.09. The molecule has 9 heteroatoms. The number of hydrogen-bond acceptors (Lipinski definition) is 4. The van der Waals surface area contributed by atoms with E-state index < -0.39 is 17.6 Å². The first kappa shape index (κ1) is 20.4. The maximum absolute atomic E-state index is 12.6. The van der Waals surface area contributed by atoms with E-state index in [-0.39, 0.29) is 22.7 Å². The van der Waals surface area contributed by atoms with E-state index in [1.807, 2.05) is 0 Å². The van der Waals surface area contributed by atoms with Crippen molar-refractivity contribution >= 4 is 17.5 Å². The molecule has 0 fully saturated rings. The predicted molar refractivity (Wildman–Crippen MR) is 92.5 cm³/mol. The van der Waals surface area contributed by atoms with E-state index in [4.69, 9.17) is 4.74 Å². The molecular formula is C18H18F3N3O3. The highest BCUT2D eigenvalue weighted by molar-refractivity contribution is 6.05. The van der Waals surface area contributed by atoms with Gasteiger partial charge < -0.3 is 15.4 Å². The Morgan fingerprint density at radius 1 is 1.07 bits per heavy atom. The summed E-state index contributed by atoms with van der Waals surface area (Å²) in [6.07, 6.45) is -1.22. The van der Waals surface area contributed by atoms with Crippen molar-refractivity contribution in [2.45, 2.75) is 12.6 Å². The Kier molecular flexibility index (Phi) is 6.89. The number of ether oxygens (including phenoxy) is 1. The van der Waals surface area contributed by atoms with Gasteiger partial charge in [-0.05, 0) is 36.8 Å². The van der Waals surface area contributed by atoms with Gasteiger partial charge in [-0.1, -0.05) is 0 Å². The van der Waals surface area contributed by atoms with Crippen LogP contribution in [0.25, 0.3) is 0 Å². The van der Waals surface area contributed by atoms with Crippen molar-refractivity contribution in [1.29, 1.82) is 0 Å². The lowest BCUT2D eigenvalue weighted by atomic mass is 10.1. The minimum atomic E-state index is -4.45. The Bertz CT molecular complexity index is 792. The van der Waals surface area contributed by atoms with E-state index in [1.165, 1.54) is 18.5 Å². The van der Waals surface area contributed by atoms with Crippen LogP contribution < -0.4 is 10.6 Å². The van der Waals surface area contributed by atoms with Gasteiger partial charge in [-0.2, -0.15) is 13.2 Å². The van der Waals surface area contributed by atoms with Gasteiger partial charge in [-0.15, -0.1) is 0 Å². The summed E-state index contributed by atoms with van der Waals surface area (Å²) in [5.41, 5.74) is -0.302. The number of aromatic nitrogens is 1. The van der Waals surface area contributed by atoms with Crippen molar-refractivity contribution < 1.29 is 27.5 Å². The van der Waals surface area contributed by atoms with Gasteiger partial charge in [0, 0.05) is 38.3 Å². The average molecular weight is 381 g/mol. The number of alkyl halides is 3. The summed E-state index contributed by atoms with van der Waals surface area (Å²) in [7, 11) is 1.56. The first-order chi connectivity index (χ1) is 12.8. The maximum atomic E-state index is 12.6. The zero-order chi connectivity index (χ0) is 19.9. The van der Waals surface area contributed by atoms with Crippen LogP contribution in [-0.4, -0.2) is 37.1 Å². The molecule has 0 atom stereocenters. The predicted octanol–water partition coefficient (Wildman–Crippen LogP) is 3.12. The lowest BCUT2D eigenvalue weighted by molar-refractivity contribution is -0.137. The fourth-order valence-electron chi connectivity index (χ4n) is 2.15. The van der Waals surface area contributed by atoms with Gasteiger partial charge in [-0.3, -0.25) is 14.6 Å². The monoisotopic (exact) mass is 381 g/mol. The number of methoxy groups -OCH3 is 1. The Morgan fingerprint density at radius 3 is 2.30 bits per heavy atom. The second-order valence-electron chi connectivity index (χ2n) is 5.59. The normalized spacial score (nSPS) is 11.1. The number of anilines is 1. The molecule has 0 aliphatic heterocycles. The highest BCUT2D eigenvalue weighted by Gasteiger charge is 2.30. The minimum Gasteiger partial charge on any atom is -0.385 e. The van der Waals surface area contributed by atoms with Crippen molar-refractivity contribution in [2.75, 3.05) is 25.6 Å². The number of benzene rings is 1. The molecule has 0 bridgehead atoms. The van der Waals surface area contributed by atoms with E-state index in [2.05, 4.69) is 15.6 Å². The number of carbonyl (C=O) groups is 2. The van der Waals surface area contributed by atoms with Gasteiger partial charge in [0.2, 0.25) is 0 Å².